The molecule has 8 rings (SSSR count). The number of hydrogen-bond donors (Lipinski definition) is 5. The number of benzene rings is 2. The molecule has 356 valence electrons. The van der Waals surface area contributed by atoms with Crippen LogP contribution < -0.4 is 31.1 Å². The van der Waals surface area contributed by atoms with E-state index in [9.17, 15) is 8.42 Å². The van der Waals surface area contributed by atoms with E-state index in [0.29, 0.717) is 42.1 Å². The van der Waals surface area contributed by atoms with Gasteiger partial charge >= 0.3 is 12.3 Å². The van der Waals surface area contributed by atoms with Crippen molar-refractivity contribution in [1.29, 1.82) is 0 Å². The smallest absolute Gasteiger partial charge is 0.373 e. The van der Waals surface area contributed by atoms with Gasteiger partial charge in [-0.2, -0.15) is 39.1 Å². The van der Waals surface area contributed by atoms with Crippen LogP contribution in [-0.4, -0.2) is 76.8 Å². The Balaban J connectivity index is 0.000000228. The van der Waals surface area contributed by atoms with E-state index in [0.717, 1.165) is 80.3 Å². The van der Waals surface area contributed by atoms with E-state index in [1.807, 2.05) is 43.0 Å². The second-order valence-corrected chi connectivity index (χ2v) is 18.1. The molecule has 22 nitrogen and oxygen atoms in total. The Morgan fingerprint density at radius 2 is 1.18 bits per heavy atom. The summed E-state index contributed by atoms with van der Waals surface area (Å²) < 4.78 is 32.1. The number of anilines is 6. The van der Waals surface area contributed by atoms with Gasteiger partial charge in [-0.05, 0) is 75.4 Å². The summed E-state index contributed by atoms with van der Waals surface area (Å²) in [4.78, 5) is 71.5. The average Bonchev–Trinajstić information content (AvgIpc) is 4.09. The third kappa shape index (κ3) is 13.1. The molecule has 0 bridgehead atoms. The summed E-state index contributed by atoms with van der Waals surface area (Å²) in [6.45, 7) is 14.2. The first-order valence-electron chi connectivity index (χ1n) is 20.7. The second-order valence-electron chi connectivity index (χ2n) is 14.4. The van der Waals surface area contributed by atoms with Crippen LogP contribution in [0.3, 0.4) is 0 Å². The minimum absolute atomic E-state index is 0.0731. The number of sulfonamides is 1. The van der Waals surface area contributed by atoms with Gasteiger partial charge in [0.2, 0.25) is 21.9 Å². The number of aryl methyl sites for hydroxylation is 7. The van der Waals surface area contributed by atoms with Crippen molar-refractivity contribution in [3.05, 3.63) is 93.0 Å². The summed E-state index contributed by atoms with van der Waals surface area (Å²) in [5, 5.41) is 19.9. The first kappa shape index (κ1) is 51.5. The summed E-state index contributed by atoms with van der Waals surface area (Å²) in [5.74, 6) is 3.11. The van der Waals surface area contributed by atoms with Crippen molar-refractivity contribution in [3.63, 3.8) is 0 Å². The zero-order valence-corrected chi connectivity index (χ0v) is 40.8. The molecule has 0 saturated heterocycles. The number of nitrogens with zero attached hydrogens (tertiary/aromatic N) is 10. The third-order valence-electron chi connectivity index (χ3n) is 9.88. The topological polar surface area (TPSA) is 299 Å². The van der Waals surface area contributed by atoms with E-state index in [2.05, 4.69) is 89.1 Å². The lowest BCUT2D eigenvalue weighted by Crippen LogP contribution is -2.12. The average molecular weight is 984 g/mol. The van der Waals surface area contributed by atoms with E-state index < -0.39 is 10.0 Å². The van der Waals surface area contributed by atoms with Gasteiger partial charge in [0.1, 0.15) is 16.8 Å². The molecule has 0 amide bonds. The number of nitrogens with one attached hydrogen (secondary N) is 4. The van der Waals surface area contributed by atoms with Crippen molar-refractivity contribution >= 4 is 101 Å². The van der Waals surface area contributed by atoms with Gasteiger partial charge < -0.3 is 24.5 Å². The highest BCUT2D eigenvalue weighted by Gasteiger charge is 2.17. The summed E-state index contributed by atoms with van der Waals surface area (Å²) in [7, 11) is -0.161. The molecular formula is C43H49N15O7S3. The molecule has 0 radical (unpaired) electrons. The van der Waals surface area contributed by atoms with Crippen molar-refractivity contribution in [2.24, 2.45) is 12.2 Å². The number of hydrogen-bond acceptors (Lipinski definition) is 21. The molecule has 6 aromatic heterocycles. The highest BCUT2D eigenvalue weighted by molar-refractivity contribution is 7.89. The monoisotopic (exact) mass is 983 g/mol. The minimum Gasteiger partial charge on any atom is -0.496 e. The Kier molecular flexibility index (Phi) is 18.0. The van der Waals surface area contributed by atoms with Crippen LogP contribution in [0.5, 0.6) is 5.75 Å². The molecule has 6 heterocycles. The van der Waals surface area contributed by atoms with Crippen molar-refractivity contribution < 1.29 is 32.3 Å². The van der Waals surface area contributed by atoms with Crippen molar-refractivity contribution in [2.45, 2.75) is 78.9 Å². The Bertz CT molecular complexity index is 3160. The lowest BCUT2D eigenvalue weighted by Gasteiger charge is -2.12. The van der Waals surface area contributed by atoms with E-state index >= 15 is 0 Å². The molecule has 0 fully saturated rings. The fraction of sp³-hybridized carbons (Fsp3) is 0.302. The first-order chi connectivity index (χ1) is 32.6. The van der Waals surface area contributed by atoms with Gasteiger partial charge in [0.15, 0.2) is 33.2 Å². The van der Waals surface area contributed by atoms with Gasteiger partial charge in [0.25, 0.3) is 0 Å². The fourth-order valence-corrected chi connectivity index (χ4v) is 8.97. The van der Waals surface area contributed by atoms with Crippen LogP contribution >= 0.6 is 22.7 Å². The molecule has 0 saturated carbocycles. The number of methoxy groups -OCH3 is 1. The normalized spacial score (nSPS) is 10.7. The molecule has 0 aliphatic carbocycles. The Morgan fingerprint density at radius 3 is 1.65 bits per heavy atom. The lowest BCUT2D eigenvalue weighted by atomic mass is 10.1. The molecule has 25 heteroatoms. The molecular weight excluding hydrogens is 935 g/mol. The van der Waals surface area contributed by atoms with Crippen molar-refractivity contribution in [1.82, 2.24) is 49.0 Å². The largest absolute Gasteiger partial charge is 0.496 e. The number of rotatable bonds is 15. The lowest BCUT2D eigenvalue weighted by molar-refractivity contribution is -0.193. The molecule has 0 aliphatic heterocycles. The highest BCUT2D eigenvalue weighted by atomic mass is 32.2. The third-order valence-corrected chi connectivity index (χ3v) is 13.2. The molecule has 0 aliphatic rings. The molecule has 0 unspecified atom stereocenters. The van der Waals surface area contributed by atoms with E-state index in [1.54, 1.807) is 54.6 Å². The molecule has 2 aromatic carbocycles. The number of carbonyl (C=O) groups excluding carboxylic acids is 4. The van der Waals surface area contributed by atoms with Crippen LogP contribution in [0.4, 0.5) is 33.8 Å². The number of thiazole rings is 2. The van der Waals surface area contributed by atoms with Gasteiger partial charge in [0, 0.05) is 36.4 Å². The summed E-state index contributed by atoms with van der Waals surface area (Å²) >= 11 is 3.21. The number of imidazole rings is 2. The standard InChI is InChI=1S/C22H27N7OS.C19H22N8O2S2.2CO2/c1-6-17-14(4)25-22(31-17)28-21-26-19(18-20(27-21)24-12-29(18)7-2)23-11-15-8-9-16(30-5)13(3)10-15;1-4-14-11(2)23-19(30-14)26-18-24-16(15-17(25-18)22-10-27(15)3)21-9-12-5-7-13(8-6-12)31(20,28)29;2*2-1-3/h8-10,12H,6-7,11H2,1-5H3,(H2,23,25,26,27,28);5-8,10H,4,9H2,1-3H3,(H2,20,28,29)(H2,21,23,24,25,26);;. The number of nitrogens with two attached hydrogens (primary N) is 1. The second kappa shape index (κ2) is 23.8. The first-order valence-corrected chi connectivity index (χ1v) is 23.9. The quantitative estimate of drug-likeness (QED) is 0.0745. The predicted molar refractivity (Wildman–Crippen MR) is 257 cm³/mol. The van der Waals surface area contributed by atoms with Crippen LogP contribution in [0.25, 0.3) is 22.3 Å². The summed E-state index contributed by atoms with van der Waals surface area (Å²) in [5.41, 5.74) is 8.01. The van der Waals surface area contributed by atoms with Crippen molar-refractivity contribution in [3.8, 4) is 5.75 Å². The minimum atomic E-state index is -3.72. The van der Waals surface area contributed by atoms with Crippen molar-refractivity contribution in [2.75, 3.05) is 28.4 Å². The predicted octanol–water partition coefficient (Wildman–Crippen LogP) is 6.37. The SMILES string of the molecule is CCc1sc(Nc2nc(NCc3ccc(OC)c(C)c3)c3c(ncn3CC)n2)nc1C.CCc1sc(Nc2nc(NCc3ccc(S(N)(=O)=O)cc3)c3c(ncn3C)n2)nc1C.O=C=O.O=C=O. The fourth-order valence-electron chi connectivity index (χ4n) is 6.66. The number of primary sulfonamides is 1. The van der Waals surface area contributed by atoms with Gasteiger partial charge in [-0.3, -0.25) is 10.6 Å². The van der Waals surface area contributed by atoms with Gasteiger partial charge in [0.05, 0.1) is 36.0 Å². The molecule has 68 heavy (non-hydrogen) atoms. The maximum absolute atomic E-state index is 11.4. The molecule has 8 aromatic rings. The van der Waals surface area contributed by atoms with E-state index in [-0.39, 0.29) is 17.2 Å². The number of fused-ring (bicyclic) bond motifs is 2. The van der Waals surface area contributed by atoms with Crippen LogP contribution in [-0.2, 0) is 68.7 Å². The van der Waals surface area contributed by atoms with E-state index in [1.165, 1.54) is 21.9 Å². The Morgan fingerprint density at radius 1 is 0.691 bits per heavy atom. The zero-order valence-electron chi connectivity index (χ0n) is 38.4. The molecule has 0 atom stereocenters. The van der Waals surface area contributed by atoms with Gasteiger partial charge in [-0.25, -0.2) is 33.5 Å². The maximum Gasteiger partial charge on any atom is 0.373 e. The van der Waals surface area contributed by atoms with Crippen LogP contribution in [0, 0.1) is 20.8 Å². The maximum atomic E-state index is 11.4. The number of ether oxygens (including phenoxy) is 1. The molecule has 0 spiro atoms. The van der Waals surface area contributed by atoms with E-state index in [4.69, 9.17) is 34.0 Å². The van der Waals surface area contributed by atoms with Gasteiger partial charge in [-0.15, -0.1) is 22.7 Å². The van der Waals surface area contributed by atoms with Crippen LogP contribution in [0.2, 0.25) is 0 Å². The van der Waals surface area contributed by atoms with Crippen LogP contribution in [0.15, 0.2) is 60.0 Å². The zero-order chi connectivity index (χ0) is 49.5. The summed E-state index contributed by atoms with van der Waals surface area (Å²) in [6, 6.07) is 12.5. The van der Waals surface area contributed by atoms with Crippen LogP contribution in [0.1, 0.15) is 58.6 Å². The highest BCUT2D eigenvalue weighted by Crippen LogP contribution is 2.30. The Labute approximate surface area is 399 Å². The molecule has 6 N–H and O–H groups in total. The van der Waals surface area contributed by atoms with Gasteiger partial charge in [-0.1, -0.05) is 38.1 Å². The number of aromatic nitrogens is 10. The summed E-state index contributed by atoms with van der Waals surface area (Å²) in [6.07, 6.45) is 5.86. The Hall–Kier alpha value is -7.53.